The van der Waals surface area contributed by atoms with Crippen LogP contribution < -0.4 is 20.5 Å². The van der Waals surface area contributed by atoms with Crippen LogP contribution in [0.5, 0.6) is 11.5 Å². The quantitative estimate of drug-likeness (QED) is 0.234. The van der Waals surface area contributed by atoms with Gasteiger partial charge in [0, 0.05) is 64.2 Å². The van der Waals surface area contributed by atoms with E-state index >= 15 is 0 Å². The summed E-state index contributed by atoms with van der Waals surface area (Å²) in [6.45, 7) is 11.1. The molecule has 40 heavy (non-hydrogen) atoms. The number of benzene rings is 1. The van der Waals surface area contributed by atoms with Crippen LogP contribution in [0.3, 0.4) is 0 Å². The van der Waals surface area contributed by atoms with Crippen molar-refractivity contribution in [3.05, 3.63) is 23.8 Å². The molecule has 1 unspecified atom stereocenters. The summed E-state index contributed by atoms with van der Waals surface area (Å²) in [6, 6.07) is 4.94. The second-order valence-corrected chi connectivity index (χ2v) is 13.6. The summed E-state index contributed by atoms with van der Waals surface area (Å²) in [6.07, 6.45) is 0.359. The summed E-state index contributed by atoms with van der Waals surface area (Å²) >= 11 is 0. The van der Waals surface area contributed by atoms with E-state index in [0.717, 1.165) is 5.56 Å². The number of sulfone groups is 1. The molecule has 2 rings (SSSR count). The monoisotopic (exact) mass is 585 g/mol. The van der Waals surface area contributed by atoms with Crippen molar-refractivity contribution in [2.75, 3.05) is 65.1 Å². The predicted octanol–water partition coefficient (Wildman–Crippen LogP) is 2.05. The normalized spacial score (nSPS) is 19.4. The molecule has 4 N–H and O–H groups in total. The molecule has 0 bridgehead atoms. The standard InChI is InChI=1S/C29H51N3O7S/c1-20(2)21(3)18-24(30)28(33)27(23-8-9-25(38-6)26(19-23)39-15-7-14-37-5)22(4)29(34)31-10-11-32-12-16-40(35,36)17-13-32/h8-9,19-22,24,27-28,33H,7,10-18,30H2,1-6H3,(H,31,34)/t21-,22+,24-,27?,28+/m0/s1. The maximum atomic E-state index is 13.4. The number of carbonyl (C=O) groups excluding carboxylic acids is 1. The molecule has 0 aromatic heterocycles. The minimum Gasteiger partial charge on any atom is -0.493 e. The van der Waals surface area contributed by atoms with Crippen molar-refractivity contribution in [2.24, 2.45) is 23.5 Å². The molecule has 1 fully saturated rings. The zero-order chi connectivity index (χ0) is 29.9. The molecule has 0 radical (unpaired) electrons. The van der Waals surface area contributed by atoms with Gasteiger partial charge in [-0.15, -0.1) is 0 Å². The van der Waals surface area contributed by atoms with Gasteiger partial charge >= 0.3 is 0 Å². The van der Waals surface area contributed by atoms with Crippen LogP contribution in [0.25, 0.3) is 0 Å². The minimum absolute atomic E-state index is 0.144. The zero-order valence-electron chi connectivity index (χ0n) is 25.1. The molecule has 1 aromatic carbocycles. The van der Waals surface area contributed by atoms with E-state index in [4.69, 9.17) is 19.9 Å². The second-order valence-electron chi connectivity index (χ2n) is 11.3. The van der Waals surface area contributed by atoms with Gasteiger partial charge in [-0.3, -0.25) is 9.69 Å². The SMILES string of the molecule is COCCCOc1cc(C([C@@H](C)C(=O)NCCN2CCS(=O)(=O)CC2)[C@H](O)[C@@H](N)C[C@H](C)C(C)C)ccc1OC. The molecule has 1 aromatic rings. The number of amides is 1. The summed E-state index contributed by atoms with van der Waals surface area (Å²) in [5.41, 5.74) is 7.29. The van der Waals surface area contributed by atoms with Gasteiger partial charge < -0.3 is 30.4 Å². The van der Waals surface area contributed by atoms with Gasteiger partial charge in [-0.1, -0.05) is 33.8 Å². The Bertz CT molecular complexity index is 1010. The van der Waals surface area contributed by atoms with Crippen molar-refractivity contribution >= 4 is 15.7 Å². The van der Waals surface area contributed by atoms with Crippen LogP contribution in [0.4, 0.5) is 0 Å². The van der Waals surface area contributed by atoms with Gasteiger partial charge in [0.1, 0.15) is 0 Å². The van der Waals surface area contributed by atoms with E-state index in [1.165, 1.54) is 0 Å². The molecule has 1 amide bonds. The first kappa shape index (κ1) is 34.3. The van der Waals surface area contributed by atoms with Crippen molar-refractivity contribution in [3.63, 3.8) is 0 Å². The molecular formula is C29H51N3O7S. The third kappa shape index (κ3) is 10.5. The largest absolute Gasteiger partial charge is 0.493 e. The van der Waals surface area contributed by atoms with Crippen LogP contribution in [0.1, 0.15) is 52.0 Å². The summed E-state index contributed by atoms with van der Waals surface area (Å²) in [7, 11) is 0.253. The number of rotatable bonds is 17. The number of nitrogens with two attached hydrogens (primary N) is 1. The van der Waals surface area contributed by atoms with E-state index in [0.29, 0.717) is 75.6 Å². The Morgan fingerprint density at radius 3 is 2.38 bits per heavy atom. The first-order chi connectivity index (χ1) is 18.9. The van der Waals surface area contributed by atoms with Gasteiger partial charge in [0.25, 0.3) is 0 Å². The molecule has 230 valence electrons. The van der Waals surface area contributed by atoms with E-state index < -0.39 is 33.8 Å². The van der Waals surface area contributed by atoms with Crippen molar-refractivity contribution in [2.45, 2.75) is 58.6 Å². The van der Waals surface area contributed by atoms with E-state index in [-0.39, 0.29) is 17.4 Å². The number of hydrogen-bond acceptors (Lipinski definition) is 9. The molecule has 1 heterocycles. The Kier molecular flexibility index (Phi) is 14.1. The number of nitrogens with one attached hydrogen (secondary N) is 1. The van der Waals surface area contributed by atoms with E-state index in [1.807, 2.05) is 17.0 Å². The molecule has 0 spiro atoms. The lowest BCUT2D eigenvalue weighted by Gasteiger charge is -2.34. The second kappa shape index (κ2) is 16.5. The number of aliphatic hydroxyl groups excluding tert-OH is 1. The maximum Gasteiger partial charge on any atom is 0.223 e. The van der Waals surface area contributed by atoms with Gasteiger partial charge in [-0.05, 0) is 36.0 Å². The Morgan fingerprint density at radius 1 is 1.10 bits per heavy atom. The molecule has 0 aliphatic carbocycles. The van der Waals surface area contributed by atoms with Gasteiger partial charge in [0.15, 0.2) is 21.3 Å². The third-order valence-corrected chi connectivity index (χ3v) is 9.64. The van der Waals surface area contributed by atoms with Crippen LogP contribution in [-0.2, 0) is 19.4 Å². The minimum atomic E-state index is -2.96. The van der Waals surface area contributed by atoms with Gasteiger partial charge in [-0.25, -0.2) is 8.42 Å². The van der Waals surface area contributed by atoms with Crippen LogP contribution in [-0.4, -0.2) is 102 Å². The number of nitrogens with zero attached hydrogens (tertiary/aromatic N) is 1. The lowest BCUT2D eigenvalue weighted by Crippen LogP contribution is -2.47. The van der Waals surface area contributed by atoms with Gasteiger partial charge in [0.05, 0.1) is 31.3 Å². The molecule has 1 aliphatic heterocycles. The highest BCUT2D eigenvalue weighted by Crippen LogP contribution is 2.37. The highest BCUT2D eigenvalue weighted by molar-refractivity contribution is 7.91. The number of hydrogen-bond donors (Lipinski definition) is 3. The average Bonchev–Trinajstić information content (AvgIpc) is 2.91. The fourth-order valence-corrected chi connectivity index (χ4v) is 6.20. The summed E-state index contributed by atoms with van der Waals surface area (Å²) < 4.78 is 40.0. The predicted molar refractivity (Wildman–Crippen MR) is 158 cm³/mol. The van der Waals surface area contributed by atoms with E-state index in [9.17, 15) is 18.3 Å². The first-order valence-electron chi connectivity index (χ1n) is 14.3. The number of methoxy groups -OCH3 is 2. The zero-order valence-corrected chi connectivity index (χ0v) is 25.9. The molecule has 10 nitrogen and oxygen atoms in total. The molecule has 1 saturated heterocycles. The van der Waals surface area contributed by atoms with Crippen LogP contribution in [0.2, 0.25) is 0 Å². The van der Waals surface area contributed by atoms with Crippen LogP contribution >= 0.6 is 0 Å². The summed E-state index contributed by atoms with van der Waals surface area (Å²) in [5, 5.41) is 14.6. The Balaban J connectivity index is 2.22. The van der Waals surface area contributed by atoms with Crippen molar-refractivity contribution in [3.8, 4) is 11.5 Å². The fourth-order valence-electron chi connectivity index (χ4n) is 4.92. The Labute approximate surface area is 240 Å². The molecule has 11 heteroatoms. The van der Waals surface area contributed by atoms with Gasteiger partial charge in [0.2, 0.25) is 5.91 Å². The summed E-state index contributed by atoms with van der Waals surface area (Å²) in [5.74, 6) is 0.730. The van der Waals surface area contributed by atoms with E-state index in [2.05, 4.69) is 26.1 Å². The molecule has 1 aliphatic rings. The smallest absolute Gasteiger partial charge is 0.223 e. The Hall–Kier alpha value is -1.92. The van der Waals surface area contributed by atoms with E-state index in [1.54, 1.807) is 27.2 Å². The Morgan fingerprint density at radius 2 is 1.77 bits per heavy atom. The topological polar surface area (TPSA) is 140 Å². The average molecular weight is 586 g/mol. The molecule has 0 saturated carbocycles. The number of ether oxygens (including phenoxy) is 3. The fraction of sp³-hybridized carbons (Fsp3) is 0.759. The molecule has 5 atom stereocenters. The number of carbonyl (C=O) groups is 1. The van der Waals surface area contributed by atoms with Crippen molar-refractivity contribution in [1.82, 2.24) is 10.2 Å². The highest BCUT2D eigenvalue weighted by atomic mass is 32.2. The first-order valence-corrected chi connectivity index (χ1v) is 16.2. The highest BCUT2D eigenvalue weighted by Gasteiger charge is 2.36. The van der Waals surface area contributed by atoms with Gasteiger partial charge in [-0.2, -0.15) is 0 Å². The number of aliphatic hydroxyl groups is 1. The van der Waals surface area contributed by atoms with Crippen molar-refractivity contribution < 1.29 is 32.5 Å². The van der Waals surface area contributed by atoms with Crippen molar-refractivity contribution in [1.29, 1.82) is 0 Å². The third-order valence-electron chi connectivity index (χ3n) is 8.03. The van der Waals surface area contributed by atoms with Crippen LogP contribution in [0.15, 0.2) is 18.2 Å². The lowest BCUT2D eigenvalue weighted by molar-refractivity contribution is -0.126. The molecular weight excluding hydrogens is 534 g/mol. The maximum absolute atomic E-state index is 13.4. The van der Waals surface area contributed by atoms with Crippen LogP contribution in [0, 0.1) is 17.8 Å². The summed E-state index contributed by atoms with van der Waals surface area (Å²) in [4.78, 5) is 15.4. The lowest BCUT2D eigenvalue weighted by atomic mass is 9.77.